The maximum atomic E-state index is 12.3. The van der Waals surface area contributed by atoms with Crippen LogP contribution in [0.5, 0.6) is 0 Å². The van der Waals surface area contributed by atoms with Crippen LogP contribution in [0.1, 0.15) is 27.7 Å². The summed E-state index contributed by atoms with van der Waals surface area (Å²) in [5.74, 6) is -0.166. The zero-order chi connectivity index (χ0) is 15.6. The number of carbonyl (C=O) groups excluding carboxylic acids is 1. The quantitative estimate of drug-likeness (QED) is 0.842. The van der Waals surface area contributed by atoms with Crippen LogP contribution in [0.2, 0.25) is 5.02 Å². The molecule has 0 atom stereocenters. The third kappa shape index (κ3) is 3.64. The highest BCUT2D eigenvalue weighted by atomic mass is 35.5. The van der Waals surface area contributed by atoms with Gasteiger partial charge in [0, 0.05) is 11.3 Å². The smallest absolute Gasteiger partial charge is 0.232 e. The number of aryl methyl sites for hydroxylation is 1. The normalized spacial score (nSPS) is 11.4. The second-order valence-electron chi connectivity index (χ2n) is 4.47. The molecule has 4 nitrogen and oxygen atoms in total. The molecule has 0 spiro atoms. The molecule has 21 heavy (non-hydrogen) atoms. The van der Waals surface area contributed by atoms with E-state index >= 15 is 0 Å². The predicted octanol–water partition coefficient (Wildman–Crippen LogP) is 3.70. The van der Waals surface area contributed by atoms with E-state index in [2.05, 4.69) is 4.72 Å². The Bertz CT molecular complexity index is 764. The van der Waals surface area contributed by atoms with Crippen LogP contribution in [-0.2, 0) is 10.0 Å². The van der Waals surface area contributed by atoms with Crippen LogP contribution >= 0.6 is 22.9 Å². The second-order valence-corrected chi connectivity index (χ2v) is 7.74. The third-order valence-corrected chi connectivity index (χ3v) is 5.91. The molecule has 0 saturated heterocycles. The first kappa shape index (κ1) is 16.0. The van der Waals surface area contributed by atoms with Gasteiger partial charge in [0.05, 0.1) is 15.7 Å². The van der Waals surface area contributed by atoms with E-state index in [1.165, 1.54) is 11.3 Å². The van der Waals surface area contributed by atoms with Crippen molar-refractivity contribution in [1.29, 1.82) is 0 Å². The number of thiophene rings is 1. The van der Waals surface area contributed by atoms with Crippen molar-refractivity contribution >= 4 is 44.4 Å². The number of carbonyl (C=O) groups is 1. The highest BCUT2D eigenvalue weighted by Crippen LogP contribution is 2.29. The van der Waals surface area contributed by atoms with Crippen molar-refractivity contribution in [1.82, 2.24) is 0 Å². The number of hydrogen-bond acceptors (Lipinski definition) is 4. The molecule has 0 saturated carbocycles. The second kappa shape index (κ2) is 6.17. The monoisotopic (exact) mass is 343 g/mol. The molecule has 2 rings (SSSR count). The lowest BCUT2D eigenvalue weighted by Crippen LogP contribution is -2.14. The van der Waals surface area contributed by atoms with Crippen LogP contribution in [0.4, 0.5) is 5.69 Å². The number of halogens is 1. The summed E-state index contributed by atoms with van der Waals surface area (Å²) in [6.45, 7) is 3.40. The summed E-state index contributed by atoms with van der Waals surface area (Å²) in [4.78, 5) is 12.8. The zero-order valence-corrected chi connectivity index (χ0v) is 13.9. The molecule has 0 aliphatic carbocycles. The van der Waals surface area contributed by atoms with Gasteiger partial charge in [-0.15, -0.1) is 11.3 Å². The van der Waals surface area contributed by atoms with Crippen molar-refractivity contribution in [3.05, 3.63) is 50.7 Å². The molecule has 0 bridgehead atoms. The van der Waals surface area contributed by atoms with Crippen LogP contribution in [0.3, 0.4) is 0 Å². The molecule has 1 heterocycles. The minimum atomic E-state index is -3.32. The maximum Gasteiger partial charge on any atom is 0.232 e. The van der Waals surface area contributed by atoms with Crippen molar-refractivity contribution in [2.24, 2.45) is 0 Å². The zero-order valence-electron chi connectivity index (χ0n) is 11.5. The molecule has 7 heteroatoms. The summed E-state index contributed by atoms with van der Waals surface area (Å²) >= 11 is 7.39. The minimum absolute atomic E-state index is 0.00222. The summed E-state index contributed by atoms with van der Waals surface area (Å²) in [5, 5.41) is 2.31. The molecule has 1 N–H and O–H groups in total. The molecule has 1 aromatic heterocycles. The largest absolute Gasteiger partial charge is 0.288 e. The summed E-state index contributed by atoms with van der Waals surface area (Å²) in [5.41, 5.74) is 1.78. The van der Waals surface area contributed by atoms with E-state index in [0.29, 0.717) is 21.2 Å². The Morgan fingerprint density at radius 3 is 2.38 bits per heavy atom. The van der Waals surface area contributed by atoms with Crippen molar-refractivity contribution in [2.45, 2.75) is 13.8 Å². The predicted molar refractivity (Wildman–Crippen MR) is 87.0 cm³/mol. The fourth-order valence-electron chi connectivity index (χ4n) is 1.66. The van der Waals surface area contributed by atoms with Crippen molar-refractivity contribution < 1.29 is 13.2 Å². The molecule has 0 unspecified atom stereocenters. The molecule has 0 amide bonds. The van der Waals surface area contributed by atoms with Crippen molar-refractivity contribution in [3.8, 4) is 0 Å². The van der Waals surface area contributed by atoms with Gasteiger partial charge in [0.2, 0.25) is 15.8 Å². The Balaban J connectivity index is 2.23. The van der Waals surface area contributed by atoms with E-state index in [1.54, 1.807) is 31.2 Å². The molecule has 1 aromatic carbocycles. The number of benzene rings is 1. The SMILES string of the molecule is CCS(=O)(=O)Nc1ccc(C(=O)c2scc(C)c2Cl)cc1. The average molecular weight is 344 g/mol. The fourth-order valence-corrected chi connectivity index (χ4v) is 3.54. The average Bonchev–Trinajstić information content (AvgIpc) is 2.79. The van der Waals surface area contributed by atoms with E-state index in [-0.39, 0.29) is 11.5 Å². The molecular formula is C14H14ClNO3S2. The van der Waals surface area contributed by atoms with Gasteiger partial charge in [0.25, 0.3) is 0 Å². The first-order valence-electron chi connectivity index (χ1n) is 6.23. The van der Waals surface area contributed by atoms with Crippen LogP contribution in [0.25, 0.3) is 0 Å². The van der Waals surface area contributed by atoms with Gasteiger partial charge in [0.15, 0.2) is 0 Å². The van der Waals surface area contributed by atoms with Gasteiger partial charge in [-0.25, -0.2) is 8.42 Å². The molecule has 112 valence electrons. The Hall–Kier alpha value is -1.37. The number of sulfonamides is 1. The molecular weight excluding hydrogens is 330 g/mol. The topological polar surface area (TPSA) is 63.2 Å². The summed E-state index contributed by atoms with van der Waals surface area (Å²) < 4.78 is 25.4. The van der Waals surface area contributed by atoms with E-state index in [0.717, 1.165) is 5.56 Å². The molecule has 0 radical (unpaired) electrons. The summed E-state index contributed by atoms with van der Waals surface area (Å²) in [6, 6.07) is 6.30. The van der Waals surface area contributed by atoms with Gasteiger partial charge < -0.3 is 0 Å². The Morgan fingerprint density at radius 2 is 1.90 bits per heavy atom. The Morgan fingerprint density at radius 1 is 1.29 bits per heavy atom. The lowest BCUT2D eigenvalue weighted by Gasteiger charge is -2.06. The van der Waals surface area contributed by atoms with Gasteiger partial charge in [-0.1, -0.05) is 11.6 Å². The van der Waals surface area contributed by atoms with Crippen molar-refractivity contribution in [2.75, 3.05) is 10.5 Å². The van der Waals surface area contributed by atoms with Crippen LogP contribution in [0, 0.1) is 6.92 Å². The minimum Gasteiger partial charge on any atom is -0.288 e. The lowest BCUT2D eigenvalue weighted by atomic mass is 10.1. The first-order valence-corrected chi connectivity index (χ1v) is 9.14. The summed E-state index contributed by atoms with van der Waals surface area (Å²) in [7, 11) is -3.32. The molecule has 0 aliphatic rings. The summed E-state index contributed by atoms with van der Waals surface area (Å²) in [6.07, 6.45) is 0. The maximum absolute atomic E-state index is 12.3. The number of hydrogen-bond donors (Lipinski definition) is 1. The van der Waals surface area contributed by atoms with Gasteiger partial charge in [0.1, 0.15) is 0 Å². The van der Waals surface area contributed by atoms with Gasteiger partial charge in [-0.2, -0.15) is 0 Å². The van der Waals surface area contributed by atoms with Crippen LogP contribution in [-0.4, -0.2) is 20.0 Å². The molecule has 0 aliphatic heterocycles. The van der Waals surface area contributed by atoms with E-state index in [9.17, 15) is 13.2 Å². The highest BCUT2D eigenvalue weighted by molar-refractivity contribution is 7.92. The third-order valence-electron chi connectivity index (χ3n) is 2.91. The molecule has 0 fully saturated rings. The molecule has 2 aromatic rings. The van der Waals surface area contributed by atoms with Gasteiger partial charge in [-0.3, -0.25) is 9.52 Å². The van der Waals surface area contributed by atoms with Crippen LogP contribution < -0.4 is 4.72 Å². The Labute approximate surface area is 132 Å². The lowest BCUT2D eigenvalue weighted by molar-refractivity contribution is 0.104. The standard InChI is InChI=1S/C14H14ClNO3S2/c1-3-21(18,19)16-11-6-4-10(5-7-11)13(17)14-12(15)9(2)8-20-14/h4-8,16H,3H2,1-2H3. The number of rotatable bonds is 5. The highest BCUT2D eigenvalue weighted by Gasteiger charge is 2.16. The number of anilines is 1. The van der Waals surface area contributed by atoms with Crippen molar-refractivity contribution in [3.63, 3.8) is 0 Å². The van der Waals surface area contributed by atoms with Gasteiger partial charge in [-0.05, 0) is 49.1 Å². The number of ketones is 1. The van der Waals surface area contributed by atoms with Gasteiger partial charge >= 0.3 is 0 Å². The van der Waals surface area contributed by atoms with Crippen LogP contribution in [0.15, 0.2) is 29.6 Å². The first-order chi connectivity index (χ1) is 9.84. The Kier molecular flexibility index (Phi) is 4.70. The van der Waals surface area contributed by atoms with E-state index in [1.807, 2.05) is 12.3 Å². The van der Waals surface area contributed by atoms with E-state index < -0.39 is 10.0 Å². The fraction of sp³-hybridized carbons (Fsp3) is 0.214. The number of nitrogens with one attached hydrogen (secondary N) is 1. The van der Waals surface area contributed by atoms with E-state index in [4.69, 9.17) is 11.6 Å².